The molecule has 1 aromatic heterocycles. The van der Waals surface area contributed by atoms with Crippen LogP contribution in [-0.4, -0.2) is 28.3 Å². The Kier molecular flexibility index (Phi) is 6.68. The van der Waals surface area contributed by atoms with Crippen LogP contribution < -0.4 is 16.4 Å². The quantitative estimate of drug-likeness (QED) is 0.496. The number of hydrogen-bond acceptors (Lipinski definition) is 5. The number of nitrogens with zero attached hydrogens (tertiary/aromatic N) is 2. The van der Waals surface area contributed by atoms with Gasteiger partial charge in [0.1, 0.15) is 0 Å². The highest BCUT2D eigenvalue weighted by Crippen LogP contribution is 2.47. The van der Waals surface area contributed by atoms with Gasteiger partial charge in [-0.3, -0.25) is 9.59 Å². The number of amides is 2. The second-order valence-corrected chi connectivity index (χ2v) is 8.76. The molecule has 7 nitrogen and oxygen atoms in total. The van der Waals surface area contributed by atoms with Gasteiger partial charge in [-0.1, -0.05) is 61.5 Å². The standard InChI is InChI=1S/C26H29N5O2/c1-18-15-26(16-18,21-5-3-2-4-6-21)25(33)30-12-11-19-7-9-20(10-8-19)17-31-24(32)22-23(27)29-14-13-28-22/h2-10,13-14,18H,11-12,15-17H2,1H3,(H2,27,29)(H,30,33)(H,31,32). The van der Waals surface area contributed by atoms with Crippen LogP contribution in [0.5, 0.6) is 0 Å². The number of carbonyl (C=O) groups excluding carboxylic acids is 2. The van der Waals surface area contributed by atoms with Gasteiger partial charge in [0.15, 0.2) is 11.5 Å². The third kappa shape index (κ3) is 5.03. The Morgan fingerprint density at radius 1 is 0.970 bits per heavy atom. The minimum absolute atomic E-state index is 0.109. The van der Waals surface area contributed by atoms with Crippen LogP contribution in [0.4, 0.5) is 5.82 Å². The highest BCUT2D eigenvalue weighted by atomic mass is 16.2. The van der Waals surface area contributed by atoms with E-state index >= 15 is 0 Å². The van der Waals surface area contributed by atoms with Gasteiger partial charge in [-0.15, -0.1) is 0 Å². The van der Waals surface area contributed by atoms with E-state index in [0.717, 1.165) is 36.0 Å². The first-order chi connectivity index (χ1) is 16.0. The van der Waals surface area contributed by atoms with Crippen molar-refractivity contribution in [2.45, 2.75) is 38.1 Å². The van der Waals surface area contributed by atoms with Crippen molar-refractivity contribution < 1.29 is 9.59 Å². The van der Waals surface area contributed by atoms with Crippen molar-refractivity contribution in [1.82, 2.24) is 20.6 Å². The van der Waals surface area contributed by atoms with Crippen molar-refractivity contribution in [2.24, 2.45) is 5.92 Å². The first-order valence-electron chi connectivity index (χ1n) is 11.2. The van der Waals surface area contributed by atoms with Gasteiger partial charge in [0.05, 0.1) is 5.41 Å². The average molecular weight is 444 g/mol. The van der Waals surface area contributed by atoms with E-state index in [1.807, 2.05) is 42.5 Å². The minimum Gasteiger partial charge on any atom is -0.382 e. The molecule has 0 bridgehead atoms. The molecule has 0 spiro atoms. The summed E-state index contributed by atoms with van der Waals surface area (Å²) >= 11 is 0. The van der Waals surface area contributed by atoms with Crippen LogP contribution in [0.15, 0.2) is 67.0 Å². The molecular weight excluding hydrogens is 414 g/mol. The van der Waals surface area contributed by atoms with Crippen molar-refractivity contribution in [1.29, 1.82) is 0 Å². The Morgan fingerprint density at radius 2 is 1.64 bits per heavy atom. The summed E-state index contributed by atoms with van der Waals surface area (Å²) in [5.74, 6) is 0.437. The van der Waals surface area contributed by atoms with E-state index in [2.05, 4.69) is 39.7 Å². The smallest absolute Gasteiger partial charge is 0.273 e. The molecule has 1 fully saturated rings. The zero-order valence-corrected chi connectivity index (χ0v) is 18.8. The van der Waals surface area contributed by atoms with Gasteiger partial charge in [0.25, 0.3) is 5.91 Å². The lowest BCUT2D eigenvalue weighted by Crippen LogP contribution is -2.52. The summed E-state index contributed by atoms with van der Waals surface area (Å²) in [6.45, 7) is 3.15. The summed E-state index contributed by atoms with van der Waals surface area (Å²) in [7, 11) is 0. The molecule has 1 aliphatic carbocycles. The van der Waals surface area contributed by atoms with Gasteiger partial charge in [-0.2, -0.15) is 0 Å². The Hall–Kier alpha value is -3.74. The lowest BCUT2D eigenvalue weighted by Gasteiger charge is -2.45. The first-order valence-corrected chi connectivity index (χ1v) is 11.2. The van der Waals surface area contributed by atoms with Crippen molar-refractivity contribution in [2.75, 3.05) is 12.3 Å². The van der Waals surface area contributed by atoms with E-state index in [9.17, 15) is 9.59 Å². The molecule has 1 aliphatic rings. The zero-order valence-electron chi connectivity index (χ0n) is 18.8. The van der Waals surface area contributed by atoms with Gasteiger partial charge in [-0.25, -0.2) is 9.97 Å². The molecule has 4 rings (SSSR count). The highest BCUT2D eigenvalue weighted by molar-refractivity contribution is 5.96. The molecular formula is C26H29N5O2. The lowest BCUT2D eigenvalue weighted by atomic mass is 9.58. The second kappa shape index (κ2) is 9.81. The Balaban J connectivity index is 1.27. The molecule has 0 aliphatic heterocycles. The maximum absolute atomic E-state index is 13.1. The van der Waals surface area contributed by atoms with Crippen LogP contribution in [0.2, 0.25) is 0 Å². The third-order valence-corrected chi connectivity index (χ3v) is 6.27. The van der Waals surface area contributed by atoms with E-state index in [4.69, 9.17) is 5.73 Å². The Bertz CT molecular complexity index is 1110. The number of nitrogens with two attached hydrogens (primary N) is 1. The predicted octanol–water partition coefficient (Wildman–Crippen LogP) is 3.02. The summed E-state index contributed by atoms with van der Waals surface area (Å²) in [6.07, 6.45) is 5.41. The third-order valence-electron chi connectivity index (χ3n) is 6.27. The molecule has 0 saturated heterocycles. The summed E-state index contributed by atoms with van der Waals surface area (Å²) < 4.78 is 0. The number of benzene rings is 2. The normalized spacial score (nSPS) is 19.4. The fraction of sp³-hybridized carbons (Fsp3) is 0.308. The van der Waals surface area contributed by atoms with E-state index < -0.39 is 5.41 Å². The molecule has 7 heteroatoms. The van der Waals surface area contributed by atoms with E-state index in [-0.39, 0.29) is 23.3 Å². The fourth-order valence-corrected chi connectivity index (χ4v) is 4.54. The lowest BCUT2D eigenvalue weighted by molar-refractivity contribution is -0.131. The molecule has 2 amide bonds. The first kappa shape index (κ1) is 22.5. The van der Waals surface area contributed by atoms with Gasteiger partial charge < -0.3 is 16.4 Å². The van der Waals surface area contributed by atoms with E-state index in [0.29, 0.717) is 19.0 Å². The molecule has 4 N–H and O–H groups in total. The summed E-state index contributed by atoms with van der Waals surface area (Å²) in [4.78, 5) is 33.1. The summed E-state index contributed by atoms with van der Waals surface area (Å²) in [5, 5.41) is 5.95. The van der Waals surface area contributed by atoms with Crippen LogP contribution in [0, 0.1) is 5.92 Å². The minimum atomic E-state index is -0.394. The Labute approximate surface area is 193 Å². The molecule has 33 heavy (non-hydrogen) atoms. The van der Waals surface area contributed by atoms with E-state index in [1.165, 1.54) is 12.4 Å². The van der Waals surface area contributed by atoms with Crippen molar-refractivity contribution >= 4 is 17.6 Å². The van der Waals surface area contributed by atoms with Crippen LogP contribution in [-0.2, 0) is 23.2 Å². The van der Waals surface area contributed by atoms with Crippen molar-refractivity contribution in [3.63, 3.8) is 0 Å². The van der Waals surface area contributed by atoms with Crippen molar-refractivity contribution in [3.8, 4) is 0 Å². The van der Waals surface area contributed by atoms with Crippen LogP contribution in [0.3, 0.4) is 0 Å². The number of aromatic nitrogens is 2. The molecule has 3 aromatic rings. The van der Waals surface area contributed by atoms with E-state index in [1.54, 1.807) is 0 Å². The number of nitrogen functional groups attached to an aromatic ring is 1. The number of nitrogens with one attached hydrogen (secondary N) is 2. The number of hydrogen-bond donors (Lipinski definition) is 3. The average Bonchev–Trinajstić information content (AvgIpc) is 2.82. The maximum atomic E-state index is 13.1. The van der Waals surface area contributed by atoms with Gasteiger partial charge in [0, 0.05) is 25.5 Å². The number of carbonyl (C=O) groups is 2. The molecule has 1 saturated carbocycles. The predicted molar refractivity (Wildman–Crippen MR) is 127 cm³/mol. The van der Waals surface area contributed by atoms with Crippen molar-refractivity contribution in [3.05, 3.63) is 89.4 Å². The topological polar surface area (TPSA) is 110 Å². The SMILES string of the molecule is CC1CC(C(=O)NCCc2ccc(CNC(=O)c3nccnc3N)cc2)(c2ccccc2)C1. The second-order valence-electron chi connectivity index (χ2n) is 8.76. The molecule has 2 aromatic carbocycles. The van der Waals surface area contributed by atoms with Crippen LogP contribution >= 0.6 is 0 Å². The Morgan fingerprint density at radius 3 is 2.30 bits per heavy atom. The molecule has 0 unspecified atom stereocenters. The monoisotopic (exact) mass is 443 g/mol. The fourth-order valence-electron chi connectivity index (χ4n) is 4.54. The molecule has 170 valence electrons. The van der Waals surface area contributed by atoms with Gasteiger partial charge >= 0.3 is 0 Å². The largest absolute Gasteiger partial charge is 0.382 e. The highest BCUT2D eigenvalue weighted by Gasteiger charge is 2.49. The maximum Gasteiger partial charge on any atom is 0.273 e. The number of anilines is 1. The van der Waals surface area contributed by atoms with Crippen LogP contribution in [0.1, 0.15) is 46.9 Å². The zero-order chi connectivity index (χ0) is 23.3. The summed E-state index contributed by atoms with van der Waals surface area (Å²) in [5.41, 5.74) is 8.62. The van der Waals surface area contributed by atoms with Crippen LogP contribution in [0.25, 0.3) is 0 Å². The number of rotatable bonds is 8. The van der Waals surface area contributed by atoms with Gasteiger partial charge in [0.2, 0.25) is 5.91 Å². The molecule has 0 radical (unpaired) electrons. The molecule has 0 atom stereocenters. The van der Waals surface area contributed by atoms with Gasteiger partial charge in [-0.05, 0) is 41.9 Å². The summed E-state index contributed by atoms with van der Waals surface area (Å²) in [6, 6.07) is 18.1. The molecule has 1 heterocycles.